The van der Waals surface area contributed by atoms with Gasteiger partial charge in [-0.15, -0.1) is 0 Å². The average Bonchev–Trinajstić information content (AvgIpc) is 3.09. The minimum atomic E-state index is -4.09. The Morgan fingerprint density at radius 3 is 2.70 bits per heavy atom. The van der Waals surface area contributed by atoms with Crippen LogP contribution in [0.3, 0.4) is 0 Å². The summed E-state index contributed by atoms with van der Waals surface area (Å²) in [4.78, 5) is 14.6. The molecule has 3 aromatic rings. The molecule has 8 nitrogen and oxygen atoms in total. The topological polar surface area (TPSA) is 116 Å². The Hall–Kier alpha value is -2.94. The van der Waals surface area contributed by atoms with Crippen molar-refractivity contribution < 1.29 is 17.9 Å². The summed E-state index contributed by atoms with van der Waals surface area (Å²) in [7, 11) is -4.09. The Morgan fingerprint density at radius 2 is 1.87 bits per heavy atom. The van der Waals surface area contributed by atoms with Crippen LogP contribution < -0.4 is 20.9 Å². The van der Waals surface area contributed by atoms with Crippen molar-refractivity contribution in [1.82, 2.24) is 8.96 Å². The molecule has 0 saturated carbocycles. The number of nitrogen functional groups attached to an aromatic ring is 1. The maximum absolute atomic E-state index is 12.8. The van der Waals surface area contributed by atoms with Gasteiger partial charge < -0.3 is 20.2 Å². The number of nitrogens with one attached hydrogen (secondary N) is 1. The molecule has 23 heavy (non-hydrogen) atoms. The van der Waals surface area contributed by atoms with E-state index >= 15 is 0 Å². The van der Waals surface area contributed by atoms with Gasteiger partial charge in [0.05, 0.1) is 15.9 Å². The molecule has 0 radical (unpaired) electrons. The number of fused-ring (bicyclic) bond motifs is 2. The van der Waals surface area contributed by atoms with E-state index in [4.69, 9.17) is 15.2 Å². The van der Waals surface area contributed by atoms with Crippen molar-refractivity contribution in [3.8, 4) is 11.5 Å². The summed E-state index contributed by atoms with van der Waals surface area (Å²) in [5.74, 6) is 0.784. The van der Waals surface area contributed by atoms with Crippen LogP contribution in [0.5, 0.6) is 11.5 Å². The Morgan fingerprint density at radius 1 is 1.09 bits per heavy atom. The second-order valence-corrected chi connectivity index (χ2v) is 6.78. The molecular formula is C14H11N3O5S. The van der Waals surface area contributed by atoms with Gasteiger partial charge in [-0.25, -0.2) is 13.2 Å². The lowest BCUT2D eigenvalue weighted by Crippen LogP contribution is -2.25. The molecule has 2 aromatic carbocycles. The van der Waals surface area contributed by atoms with Gasteiger partial charge in [-0.05, 0) is 30.3 Å². The van der Waals surface area contributed by atoms with Crippen LogP contribution in [0.25, 0.3) is 11.0 Å². The lowest BCUT2D eigenvalue weighted by atomic mass is 10.3. The van der Waals surface area contributed by atoms with Gasteiger partial charge in [0, 0.05) is 11.8 Å². The van der Waals surface area contributed by atoms with Crippen LogP contribution >= 0.6 is 0 Å². The molecule has 0 amide bonds. The van der Waals surface area contributed by atoms with Crippen LogP contribution in [0.2, 0.25) is 0 Å². The second kappa shape index (κ2) is 4.53. The predicted octanol–water partition coefficient (Wildman–Crippen LogP) is 0.878. The predicted molar refractivity (Wildman–Crippen MR) is 82.1 cm³/mol. The van der Waals surface area contributed by atoms with Gasteiger partial charge in [-0.1, -0.05) is 0 Å². The minimum Gasteiger partial charge on any atom is -0.454 e. The molecule has 2 heterocycles. The summed E-state index contributed by atoms with van der Waals surface area (Å²) in [6.45, 7) is 0.0329. The van der Waals surface area contributed by atoms with Crippen LogP contribution in [-0.2, 0) is 10.0 Å². The van der Waals surface area contributed by atoms with Crippen molar-refractivity contribution in [2.24, 2.45) is 0 Å². The van der Waals surface area contributed by atoms with Crippen molar-refractivity contribution >= 4 is 26.7 Å². The summed E-state index contributed by atoms with van der Waals surface area (Å²) in [6.07, 6.45) is 0. The van der Waals surface area contributed by atoms with Gasteiger partial charge in [-0.3, -0.25) is 0 Å². The molecule has 1 aliphatic heterocycles. The van der Waals surface area contributed by atoms with Crippen LogP contribution in [0.1, 0.15) is 0 Å². The molecule has 118 valence electrons. The summed E-state index contributed by atoms with van der Waals surface area (Å²) in [6, 6.07) is 8.70. The monoisotopic (exact) mass is 333 g/mol. The van der Waals surface area contributed by atoms with E-state index in [2.05, 4.69) is 4.98 Å². The summed E-state index contributed by atoms with van der Waals surface area (Å²) >= 11 is 0. The van der Waals surface area contributed by atoms with Crippen molar-refractivity contribution in [3.63, 3.8) is 0 Å². The van der Waals surface area contributed by atoms with Crippen LogP contribution in [0, 0.1) is 0 Å². The normalized spacial score (nSPS) is 13.6. The zero-order chi connectivity index (χ0) is 16.2. The van der Waals surface area contributed by atoms with Crippen LogP contribution in [0.4, 0.5) is 5.69 Å². The fourth-order valence-corrected chi connectivity index (χ4v) is 3.88. The van der Waals surface area contributed by atoms with Crippen molar-refractivity contribution in [2.45, 2.75) is 4.90 Å². The second-order valence-electron chi connectivity index (χ2n) is 4.99. The first kappa shape index (κ1) is 13.7. The van der Waals surface area contributed by atoms with Gasteiger partial charge in [0.1, 0.15) is 0 Å². The SMILES string of the molecule is Nc1ccc2c(c1)[nH]c(=O)n2S(=O)(=O)c1ccc2c(c1)OCO2. The van der Waals surface area contributed by atoms with E-state index in [1.54, 1.807) is 0 Å². The number of ether oxygens (including phenoxy) is 2. The average molecular weight is 333 g/mol. The number of aromatic nitrogens is 2. The Bertz CT molecular complexity index is 1100. The first-order valence-electron chi connectivity index (χ1n) is 6.62. The lowest BCUT2D eigenvalue weighted by Gasteiger charge is -2.07. The number of nitrogens with zero attached hydrogens (tertiary/aromatic N) is 1. The standard InChI is InChI=1S/C14H11N3O5S/c15-8-1-3-11-10(5-8)16-14(18)17(11)23(19,20)9-2-4-12-13(6-9)22-7-21-12/h1-6H,7,15H2,(H,16,18). The fraction of sp³-hybridized carbons (Fsp3) is 0.0714. The zero-order valence-electron chi connectivity index (χ0n) is 11.6. The molecule has 0 aliphatic carbocycles. The quantitative estimate of drug-likeness (QED) is 0.672. The van der Waals surface area contributed by atoms with E-state index in [1.165, 1.54) is 36.4 Å². The highest BCUT2D eigenvalue weighted by molar-refractivity contribution is 7.90. The summed E-state index contributed by atoms with van der Waals surface area (Å²) in [5.41, 5.74) is 5.89. The first-order chi connectivity index (χ1) is 11.0. The van der Waals surface area contributed by atoms with Crippen molar-refractivity contribution in [1.29, 1.82) is 0 Å². The summed E-state index contributed by atoms with van der Waals surface area (Å²) in [5, 5.41) is 0. The molecule has 9 heteroatoms. The van der Waals surface area contributed by atoms with E-state index < -0.39 is 15.7 Å². The number of hydrogen-bond acceptors (Lipinski definition) is 6. The largest absolute Gasteiger partial charge is 0.454 e. The number of aromatic amines is 1. The van der Waals surface area contributed by atoms with E-state index in [0.29, 0.717) is 26.7 Å². The van der Waals surface area contributed by atoms with Crippen LogP contribution in [-0.4, -0.2) is 24.2 Å². The van der Waals surface area contributed by atoms with E-state index in [-0.39, 0.29) is 17.2 Å². The molecular weight excluding hydrogens is 322 g/mol. The van der Waals surface area contributed by atoms with Crippen molar-refractivity contribution in [2.75, 3.05) is 12.5 Å². The molecule has 4 rings (SSSR count). The number of hydrogen-bond donors (Lipinski definition) is 2. The highest BCUT2D eigenvalue weighted by Gasteiger charge is 2.25. The Labute approximate surface area is 130 Å². The third-order valence-corrected chi connectivity index (χ3v) is 5.24. The molecule has 0 saturated heterocycles. The molecule has 0 atom stereocenters. The Kier molecular flexibility index (Phi) is 2.70. The molecule has 1 aromatic heterocycles. The van der Waals surface area contributed by atoms with Crippen LogP contribution in [0.15, 0.2) is 46.1 Å². The Balaban J connectivity index is 1.96. The van der Waals surface area contributed by atoms with Gasteiger partial charge in [0.25, 0.3) is 10.0 Å². The maximum atomic E-state index is 12.8. The summed E-state index contributed by atoms with van der Waals surface area (Å²) < 4.78 is 36.7. The zero-order valence-corrected chi connectivity index (χ0v) is 12.5. The van der Waals surface area contributed by atoms with Gasteiger partial charge in [0.15, 0.2) is 11.5 Å². The molecule has 0 bridgehead atoms. The molecule has 1 aliphatic rings. The highest BCUT2D eigenvalue weighted by Crippen LogP contribution is 2.34. The number of H-pyrrole nitrogens is 1. The molecule has 0 fully saturated rings. The lowest BCUT2D eigenvalue weighted by molar-refractivity contribution is 0.174. The number of nitrogens with two attached hydrogens (primary N) is 1. The third-order valence-electron chi connectivity index (χ3n) is 3.55. The number of imidazole rings is 1. The maximum Gasteiger partial charge on any atom is 0.340 e. The smallest absolute Gasteiger partial charge is 0.340 e. The molecule has 0 spiro atoms. The first-order valence-corrected chi connectivity index (χ1v) is 8.06. The van der Waals surface area contributed by atoms with Gasteiger partial charge in [0.2, 0.25) is 6.79 Å². The fourth-order valence-electron chi connectivity index (χ4n) is 2.49. The van der Waals surface area contributed by atoms with Gasteiger partial charge in [-0.2, -0.15) is 3.97 Å². The van der Waals surface area contributed by atoms with Crippen molar-refractivity contribution in [3.05, 3.63) is 46.9 Å². The number of benzene rings is 2. The van der Waals surface area contributed by atoms with Gasteiger partial charge >= 0.3 is 5.69 Å². The van der Waals surface area contributed by atoms with E-state index in [9.17, 15) is 13.2 Å². The minimum absolute atomic E-state index is 0.0329. The van der Waals surface area contributed by atoms with E-state index in [0.717, 1.165) is 0 Å². The molecule has 3 N–H and O–H groups in total. The molecule has 0 unspecified atom stereocenters. The highest BCUT2D eigenvalue weighted by atomic mass is 32.2. The van der Waals surface area contributed by atoms with E-state index in [1.807, 2.05) is 0 Å². The number of rotatable bonds is 2. The number of anilines is 1. The third kappa shape index (κ3) is 1.97.